The summed E-state index contributed by atoms with van der Waals surface area (Å²) in [5.74, 6) is 0. The van der Waals surface area contributed by atoms with Crippen molar-refractivity contribution in [2.75, 3.05) is 19.6 Å². The Kier molecular flexibility index (Phi) is 5.20. The fourth-order valence-corrected chi connectivity index (χ4v) is 2.60. The molecule has 1 aliphatic rings. The summed E-state index contributed by atoms with van der Waals surface area (Å²) in [7, 11) is 0. The Morgan fingerprint density at radius 2 is 2.11 bits per heavy atom. The maximum atomic E-state index is 4.21. The molecule has 1 aromatic heterocycles. The van der Waals surface area contributed by atoms with Gasteiger partial charge in [-0.25, -0.2) is 0 Å². The van der Waals surface area contributed by atoms with E-state index in [4.69, 9.17) is 0 Å². The Morgan fingerprint density at radius 3 is 2.72 bits per heavy atom. The van der Waals surface area contributed by atoms with Crippen LogP contribution in [0.4, 0.5) is 0 Å². The monoisotopic (exact) mass is 250 g/mol. The summed E-state index contributed by atoms with van der Waals surface area (Å²) in [4.78, 5) is 2.57. The molecule has 0 bridgehead atoms. The van der Waals surface area contributed by atoms with Crippen molar-refractivity contribution in [1.29, 1.82) is 0 Å². The van der Waals surface area contributed by atoms with Gasteiger partial charge in [-0.3, -0.25) is 4.68 Å². The average molecular weight is 250 g/mol. The number of piperidine rings is 1. The molecule has 1 aliphatic heterocycles. The largest absolute Gasteiger partial charge is 0.314 e. The van der Waals surface area contributed by atoms with Crippen LogP contribution in [0.15, 0.2) is 18.5 Å². The number of aromatic nitrogens is 2. The molecule has 0 aromatic carbocycles. The zero-order valence-electron chi connectivity index (χ0n) is 11.7. The van der Waals surface area contributed by atoms with Gasteiger partial charge in [0.15, 0.2) is 0 Å². The molecule has 0 aliphatic carbocycles. The lowest BCUT2D eigenvalue weighted by Crippen LogP contribution is -2.45. The molecule has 1 N–H and O–H groups in total. The zero-order chi connectivity index (χ0) is 12.8. The van der Waals surface area contributed by atoms with Gasteiger partial charge in [-0.1, -0.05) is 0 Å². The van der Waals surface area contributed by atoms with Crippen LogP contribution < -0.4 is 5.32 Å². The van der Waals surface area contributed by atoms with E-state index >= 15 is 0 Å². The smallest absolute Gasteiger partial charge is 0.0489 e. The average Bonchev–Trinajstić information content (AvgIpc) is 2.88. The lowest BCUT2D eigenvalue weighted by Gasteiger charge is -2.35. The number of aryl methyl sites for hydroxylation is 1. The fraction of sp³-hybridized carbons (Fsp3) is 0.786. The second-order valence-corrected chi connectivity index (χ2v) is 5.48. The second kappa shape index (κ2) is 6.90. The number of hydrogen-bond acceptors (Lipinski definition) is 3. The molecule has 0 amide bonds. The Bertz CT molecular complexity index is 313. The molecule has 0 atom stereocenters. The molecule has 1 saturated heterocycles. The topological polar surface area (TPSA) is 33.1 Å². The standard InChI is InChI=1S/C14H26N4/c1-13(2)17-11-5-14(6-12-17)15-7-3-9-18-10-4-8-16-18/h4,8,10,13-15H,3,5-7,9,11-12H2,1-2H3. The number of rotatable bonds is 6. The summed E-state index contributed by atoms with van der Waals surface area (Å²) in [6, 6.07) is 3.40. The van der Waals surface area contributed by atoms with Crippen LogP contribution in [0.5, 0.6) is 0 Å². The quantitative estimate of drug-likeness (QED) is 0.781. The molecule has 4 heteroatoms. The van der Waals surface area contributed by atoms with Crippen molar-refractivity contribution < 1.29 is 0 Å². The lowest BCUT2D eigenvalue weighted by molar-refractivity contribution is 0.161. The molecule has 0 spiro atoms. The molecule has 4 nitrogen and oxygen atoms in total. The first-order valence-corrected chi connectivity index (χ1v) is 7.20. The number of nitrogens with zero attached hydrogens (tertiary/aromatic N) is 3. The van der Waals surface area contributed by atoms with Crippen molar-refractivity contribution in [3.8, 4) is 0 Å². The van der Waals surface area contributed by atoms with E-state index in [2.05, 4.69) is 29.2 Å². The van der Waals surface area contributed by atoms with E-state index in [9.17, 15) is 0 Å². The minimum absolute atomic E-state index is 0.700. The first kappa shape index (κ1) is 13.6. The summed E-state index contributed by atoms with van der Waals surface area (Å²) in [6.07, 6.45) is 7.61. The summed E-state index contributed by atoms with van der Waals surface area (Å²) in [5.41, 5.74) is 0. The normalized spacial score (nSPS) is 18.6. The predicted molar refractivity (Wildman–Crippen MR) is 74.6 cm³/mol. The van der Waals surface area contributed by atoms with E-state index in [1.165, 1.54) is 25.9 Å². The van der Waals surface area contributed by atoms with Crippen LogP contribution in [0, 0.1) is 0 Å². The molecule has 0 unspecified atom stereocenters. The van der Waals surface area contributed by atoms with E-state index in [1.54, 1.807) is 0 Å². The maximum absolute atomic E-state index is 4.21. The summed E-state index contributed by atoms with van der Waals surface area (Å²) >= 11 is 0. The molecular weight excluding hydrogens is 224 g/mol. The van der Waals surface area contributed by atoms with Gasteiger partial charge < -0.3 is 10.2 Å². The molecule has 2 heterocycles. The Balaban J connectivity index is 1.55. The van der Waals surface area contributed by atoms with Crippen molar-refractivity contribution in [2.24, 2.45) is 0 Å². The Hall–Kier alpha value is -0.870. The van der Waals surface area contributed by atoms with E-state index in [-0.39, 0.29) is 0 Å². The highest BCUT2D eigenvalue weighted by atomic mass is 15.3. The highest BCUT2D eigenvalue weighted by Crippen LogP contribution is 2.12. The van der Waals surface area contributed by atoms with Crippen molar-refractivity contribution in [2.45, 2.75) is 51.7 Å². The van der Waals surface area contributed by atoms with E-state index in [0.717, 1.165) is 25.6 Å². The minimum atomic E-state index is 0.700. The predicted octanol–water partition coefficient (Wildman–Crippen LogP) is 1.74. The molecule has 1 aromatic rings. The minimum Gasteiger partial charge on any atom is -0.314 e. The van der Waals surface area contributed by atoms with Crippen molar-refractivity contribution in [3.05, 3.63) is 18.5 Å². The number of nitrogens with one attached hydrogen (secondary N) is 1. The van der Waals surface area contributed by atoms with Crippen LogP contribution in [0.1, 0.15) is 33.1 Å². The van der Waals surface area contributed by atoms with E-state index < -0.39 is 0 Å². The second-order valence-electron chi connectivity index (χ2n) is 5.48. The van der Waals surface area contributed by atoms with Crippen LogP contribution in [-0.2, 0) is 6.54 Å². The third-order valence-electron chi connectivity index (χ3n) is 3.82. The van der Waals surface area contributed by atoms with Crippen molar-refractivity contribution >= 4 is 0 Å². The third kappa shape index (κ3) is 4.10. The number of hydrogen-bond donors (Lipinski definition) is 1. The van der Waals surface area contributed by atoms with E-state index in [1.807, 2.05) is 23.1 Å². The van der Waals surface area contributed by atoms with Gasteiger partial charge in [0.05, 0.1) is 0 Å². The Labute approximate surface area is 110 Å². The molecule has 0 saturated carbocycles. The van der Waals surface area contributed by atoms with Crippen LogP contribution in [0.3, 0.4) is 0 Å². The number of likely N-dealkylation sites (tertiary alicyclic amines) is 1. The molecule has 2 rings (SSSR count). The SMILES string of the molecule is CC(C)N1CCC(NCCCn2cccn2)CC1. The third-order valence-corrected chi connectivity index (χ3v) is 3.82. The maximum Gasteiger partial charge on any atom is 0.0489 e. The first-order chi connectivity index (χ1) is 8.75. The van der Waals surface area contributed by atoms with Gasteiger partial charge in [-0.05, 0) is 58.8 Å². The van der Waals surface area contributed by atoms with Gasteiger partial charge >= 0.3 is 0 Å². The van der Waals surface area contributed by atoms with Crippen LogP contribution in [0.25, 0.3) is 0 Å². The highest BCUT2D eigenvalue weighted by molar-refractivity contribution is 4.79. The van der Waals surface area contributed by atoms with Gasteiger partial charge in [0.1, 0.15) is 0 Å². The summed E-state index contributed by atoms with van der Waals surface area (Å²) in [6.45, 7) is 9.19. The molecule has 102 valence electrons. The van der Waals surface area contributed by atoms with Gasteiger partial charge in [-0.2, -0.15) is 5.10 Å². The van der Waals surface area contributed by atoms with Gasteiger partial charge in [0, 0.05) is 31.0 Å². The fourth-order valence-electron chi connectivity index (χ4n) is 2.60. The summed E-state index contributed by atoms with van der Waals surface area (Å²) < 4.78 is 2.00. The zero-order valence-corrected chi connectivity index (χ0v) is 11.7. The van der Waals surface area contributed by atoms with E-state index in [0.29, 0.717) is 6.04 Å². The van der Waals surface area contributed by atoms with Gasteiger partial charge in [-0.15, -0.1) is 0 Å². The lowest BCUT2D eigenvalue weighted by atomic mass is 10.0. The van der Waals surface area contributed by atoms with Crippen molar-refractivity contribution in [1.82, 2.24) is 20.0 Å². The van der Waals surface area contributed by atoms with Gasteiger partial charge in [0.2, 0.25) is 0 Å². The summed E-state index contributed by atoms with van der Waals surface area (Å²) in [5, 5.41) is 7.89. The van der Waals surface area contributed by atoms with Crippen molar-refractivity contribution in [3.63, 3.8) is 0 Å². The molecule has 0 radical (unpaired) electrons. The van der Waals surface area contributed by atoms with Crippen LogP contribution >= 0.6 is 0 Å². The highest BCUT2D eigenvalue weighted by Gasteiger charge is 2.19. The molecular formula is C14H26N4. The van der Waals surface area contributed by atoms with Crippen LogP contribution in [0.2, 0.25) is 0 Å². The van der Waals surface area contributed by atoms with Gasteiger partial charge in [0.25, 0.3) is 0 Å². The Morgan fingerprint density at radius 1 is 1.33 bits per heavy atom. The first-order valence-electron chi connectivity index (χ1n) is 7.20. The van der Waals surface area contributed by atoms with Crippen LogP contribution in [-0.4, -0.2) is 46.4 Å². The molecule has 18 heavy (non-hydrogen) atoms. The molecule has 1 fully saturated rings.